The number of halogens is 4. The van der Waals surface area contributed by atoms with E-state index in [4.69, 9.17) is 11.6 Å². The summed E-state index contributed by atoms with van der Waals surface area (Å²) in [5, 5.41) is 2.27. The lowest BCUT2D eigenvalue weighted by Gasteiger charge is -2.16. The summed E-state index contributed by atoms with van der Waals surface area (Å²) in [6.45, 7) is 1.12. The van der Waals surface area contributed by atoms with E-state index < -0.39 is 41.1 Å². The number of benzene rings is 2. The summed E-state index contributed by atoms with van der Waals surface area (Å²) >= 11 is 5.63. The van der Waals surface area contributed by atoms with Crippen LogP contribution >= 0.6 is 11.6 Å². The Bertz CT molecular complexity index is 1220. The average Bonchev–Trinajstić information content (AvgIpc) is 2.66. The Kier molecular flexibility index (Phi) is 5.52. The second-order valence-electron chi connectivity index (χ2n) is 6.17. The summed E-state index contributed by atoms with van der Waals surface area (Å²) < 4.78 is 41.7. The fraction of sp³-hybridized carbons (Fsp3) is 0.211. The van der Waals surface area contributed by atoms with Gasteiger partial charge < -0.3 is 5.32 Å². The molecule has 1 amide bonds. The van der Waals surface area contributed by atoms with Crippen LogP contribution in [-0.2, 0) is 24.1 Å². The van der Waals surface area contributed by atoms with Crippen molar-refractivity contribution < 1.29 is 18.0 Å². The number of hydrogen-bond acceptors (Lipinski definition) is 3. The number of anilines is 1. The minimum atomic E-state index is -4.73. The van der Waals surface area contributed by atoms with E-state index >= 15 is 0 Å². The Labute approximate surface area is 167 Å². The zero-order valence-electron chi connectivity index (χ0n) is 15.1. The van der Waals surface area contributed by atoms with Gasteiger partial charge >= 0.3 is 11.9 Å². The summed E-state index contributed by atoms with van der Waals surface area (Å²) in [7, 11) is 0. The second kappa shape index (κ2) is 7.75. The molecule has 3 aromatic rings. The molecule has 0 saturated carbocycles. The second-order valence-corrected chi connectivity index (χ2v) is 6.61. The van der Waals surface area contributed by atoms with E-state index in [9.17, 15) is 27.6 Å². The zero-order chi connectivity index (χ0) is 21.3. The van der Waals surface area contributed by atoms with Crippen LogP contribution in [0.4, 0.5) is 18.9 Å². The van der Waals surface area contributed by atoms with Crippen molar-refractivity contribution in [3.63, 3.8) is 0 Å². The number of hydrogen-bond donors (Lipinski definition) is 1. The number of rotatable bonds is 4. The Balaban J connectivity index is 2.03. The van der Waals surface area contributed by atoms with E-state index in [1.807, 2.05) is 0 Å². The largest absolute Gasteiger partial charge is 0.418 e. The lowest BCUT2D eigenvalue weighted by molar-refractivity contribution is -0.137. The van der Waals surface area contributed by atoms with Gasteiger partial charge in [0.15, 0.2) is 0 Å². The molecule has 0 saturated heterocycles. The Morgan fingerprint density at radius 3 is 2.45 bits per heavy atom. The molecule has 0 radical (unpaired) electrons. The van der Waals surface area contributed by atoms with Crippen LogP contribution in [0.15, 0.2) is 52.1 Å². The third kappa shape index (κ3) is 4.04. The molecular weight excluding hydrogens is 411 g/mol. The molecule has 0 bridgehead atoms. The predicted octanol–water partition coefficient (Wildman–Crippen LogP) is 3.49. The minimum Gasteiger partial charge on any atom is -0.324 e. The maximum Gasteiger partial charge on any atom is 0.418 e. The van der Waals surface area contributed by atoms with Crippen LogP contribution in [0, 0.1) is 0 Å². The van der Waals surface area contributed by atoms with E-state index in [0.717, 1.165) is 15.2 Å². The van der Waals surface area contributed by atoms with Gasteiger partial charge in [0.05, 0.1) is 22.2 Å². The topological polar surface area (TPSA) is 73.1 Å². The van der Waals surface area contributed by atoms with Crippen molar-refractivity contribution in [2.24, 2.45) is 0 Å². The van der Waals surface area contributed by atoms with Gasteiger partial charge in [-0.25, -0.2) is 4.79 Å². The predicted molar refractivity (Wildman–Crippen MR) is 103 cm³/mol. The van der Waals surface area contributed by atoms with Gasteiger partial charge in [-0.3, -0.25) is 18.7 Å². The highest BCUT2D eigenvalue weighted by molar-refractivity contribution is 6.30. The van der Waals surface area contributed by atoms with Gasteiger partial charge in [-0.05, 0) is 37.3 Å². The molecule has 152 valence electrons. The Hall–Kier alpha value is -3.07. The van der Waals surface area contributed by atoms with E-state index in [0.29, 0.717) is 6.07 Å². The first-order chi connectivity index (χ1) is 13.6. The standard InChI is InChI=1S/C19H15ClF3N3O3/c1-2-25-17(28)12-5-3-4-6-15(12)26(18(25)29)10-16(27)24-14-8-7-11(20)9-13(14)19(21,22)23/h3-9H,2,10H2,1H3,(H,24,27). The lowest BCUT2D eigenvalue weighted by atomic mass is 10.1. The lowest BCUT2D eigenvalue weighted by Crippen LogP contribution is -2.41. The number of aromatic nitrogens is 2. The molecule has 10 heteroatoms. The molecule has 0 spiro atoms. The Morgan fingerprint density at radius 2 is 1.79 bits per heavy atom. The quantitative estimate of drug-likeness (QED) is 0.695. The molecule has 1 heterocycles. The van der Waals surface area contributed by atoms with Gasteiger partial charge in [0.1, 0.15) is 6.54 Å². The van der Waals surface area contributed by atoms with Crippen LogP contribution in [0.3, 0.4) is 0 Å². The zero-order valence-corrected chi connectivity index (χ0v) is 15.8. The monoisotopic (exact) mass is 425 g/mol. The third-order valence-corrected chi connectivity index (χ3v) is 4.55. The van der Waals surface area contributed by atoms with Crippen LogP contribution in [0.1, 0.15) is 12.5 Å². The number of para-hydroxylation sites is 1. The molecule has 0 aliphatic carbocycles. The van der Waals surface area contributed by atoms with Crippen molar-refractivity contribution in [1.82, 2.24) is 9.13 Å². The molecule has 1 N–H and O–H groups in total. The molecule has 29 heavy (non-hydrogen) atoms. The van der Waals surface area contributed by atoms with Crippen molar-refractivity contribution in [2.75, 3.05) is 5.32 Å². The smallest absolute Gasteiger partial charge is 0.324 e. The molecule has 0 aliphatic heterocycles. The van der Waals surface area contributed by atoms with Crippen LogP contribution in [-0.4, -0.2) is 15.0 Å². The Morgan fingerprint density at radius 1 is 1.10 bits per heavy atom. The average molecular weight is 426 g/mol. The van der Waals surface area contributed by atoms with Crippen molar-refractivity contribution >= 4 is 34.1 Å². The highest BCUT2D eigenvalue weighted by atomic mass is 35.5. The summed E-state index contributed by atoms with van der Waals surface area (Å²) in [6.07, 6.45) is -4.73. The number of nitrogens with zero attached hydrogens (tertiary/aromatic N) is 2. The van der Waals surface area contributed by atoms with E-state index in [-0.39, 0.29) is 22.5 Å². The van der Waals surface area contributed by atoms with E-state index in [1.165, 1.54) is 18.2 Å². The van der Waals surface area contributed by atoms with Crippen molar-refractivity contribution in [2.45, 2.75) is 26.2 Å². The van der Waals surface area contributed by atoms with Gasteiger partial charge in [-0.2, -0.15) is 13.2 Å². The minimum absolute atomic E-state index is 0.0829. The number of nitrogens with one attached hydrogen (secondary N) is 1. The SMILES string of the molecule is CCn1c(=O)c2ccccc2n(CC(=O)Nc2ccc(Cl)cc2C(F)(F)F)c1=O. The highest BCUT2D eigenvalue weighted by Gasteiger charge is 2.34. The molecular formula is C19H15ClF3N3O3. The molecule has 3 rings (SSSR count). The maximum absolute atomic E-state index is 13.2. The summed E-state index contributed by atoms with van der Waals surface area (Å²) in [5.41, 5.74) is -2.59. The first-order valence-electron chi connectivity index (χ1n) is 8.52. The van der Waals surface area contributed by atoms with Crippen LogP contribution in [0.2, 0.25) is 5.02 Å². The molecule has 1 aromatic heterocycles. The maximum atomic E-state index is 13.2. The summed E-state index contributed by atoms with van der Waals surface area (Å²) in [6, 6.07) is 9.17. The third-order valence-electron chi connectivity index (χ3n) is 4.31. The van der Waals surface area contributed by atoms with Gasteiger partial charge in [0, 0.05) is 11.6 Å². The fourth-order valence-electron chi connectivity index (χ4n) is 3.00. The first kappa shape index (κ1) is 20.7. The molecule has 6 nitrogen and oxygen atoms in total. The highest BCUT2D eigenvalue weighted by Crippen LogP contribution is 2.36. The van der Waals surface area contributed by atoms with Crippen molar-refractivity contribution in [3.05, 3.63) is 73.9 Å². The molecule has 2 aromatic carbocycles. The number of fused-ring (bicyclic) bond motifs is 1. The van der Waals surface area contributed by atoms with Crippen LogP contribution in [0.25, 0.3) is 10.9 Å². The van der Waals surface area contributed by atoms with Crippen molar-refractivity contribution in [1.29, 1.82) is 0 Å². The van der Waals surface area contributed by atoms with Gasteiger partial charge in [0.2, 0.25) is 5.91 Å². The number of alkyl halides is 3. The van der Waals surface area contributed by atoms with Gasteiger partial charge in [0.25, 0.3) is 5.56 Å². The van der Waals surface area contributed by atoms with Crippen LogP contribution < -0.4 is 16.6 Å². The van der Waals surface area contributed by atoms with Gasteiger partial charge in [-0.15, -0.1) is 0 Å². The molecule has 0 atom stereocenters. The fourth-order valence-corrected chi connectivity index (χ4v) is 3.17. The number of carbonyl (C=O) groups is 1. The molecule has 0 fully saturated rings. The van der Waals surface area contributed by atoms with Crippen LogP contribution in [0.5, 0.6) is 0 Å². The van der Waals surface area contributed by atoms with Crippen molar-refractivity contribution in [3.8, 4) is 0 Å². The normalized spacial score (nSPS) is 11.6. The molecule has 0 aliphatic rings. The molecule has 0 unspecified atom stereocenters. The van der Waals surface area contributed by atoms with Gasteiger partial charge in [-0.1, -0.05) is 23.7 Å². The number of carbonyl (C=O) groups excluding carboxylic acids is 1. The van der Waals surface area contributed by atoms with E-state index in [1.54, 1.807) is 19.1 Å². The summed E-state index contributed by atoms with van der Waals surface area (Å²) in [4.78, 5) is 37.5. The van der Waals surface area contributed by atoms with E-state index in [2.05, 4.69) is 5.32 Å². The summed E-state index contributed by atoms with van der Waals surface area (Å²) in [5.74, 6) is -0.855. The first-order valence-corrected chi connectivity index (χ1v) is 8.90. The number of amides is 1.